The Morgan fingerprint density at radius 3 is 2.37 bits per heavy atom. The van der Waals surface area contributed by atoms with Crippen LogP contribution in [0.2, 0.25) is 0 Å². The molecule has 9 nitrogen and oxygen atoms in total. The molecule has 1 unspecified atom stereocenters. The van der Waals surface area contributed by atoms with E-state index in [2.05, 4.69) is 20.0 Å². The van der Waals surface area contributed by atoms with Crippen molar-refractivity contribution in [3.8, 4) is 17.1 Å². The number of hydrogen-bond acceptors (Lipinski definition) is 8. The lowest BCUT2D eigenvalue weighted by atomic mass is 10.2. The molecular weight excluding hydrogens is 563 g/mol. The topological polar surface area (TPSA) is 125 Å². The first-order chi connectivity index (χ1) is 19.6. The first-order valence-corrected chi connectivity index (χ1v) is 14.1. The molecule has 41 heavy (non-hydrogen) atoms. The summed E-state index contributed by atoms with van der Waals surface area (Å²) >= 11 is 0. The number of para-hydroxylation sites is 1. The zero-order chi connectivity index (χ0) is 29.0. The summed E-state index contributed by atoms with van der Waals surface area (Å²) in [7, 11) is -3.69. The van der Waals surface area contributed by atoms with Gasteiger partial charge in [0.2, 0.25) is 5.82 Å². The normalized spacial score (nSPS) is 12.8. The summed E-state index contributed by atoms with van der Waals surface area (Å²) in [5, 5.41) is 6.74. The average molecular weight is 586 g/mol. The SMILES string of the molecule is O=C(NC(COc1ccc(-c2noc(C(F)(F)F)n2)cc1)CS(=O)(=O)Cc1ccccc1)c1cc2ccccc2o1. The third-order valence-corrected chi connectivity index (χ3v) is 7.58. The van der Waals surface area contributed by atoms with Crippen molar-refractivity contribution in [3.63, 3.8) is 0 Å². The first kappa shape index (κ1) is 27.9. The van der Waals surface area contributed by atoms with Gasteiger partial charge in [0.1, 0.15) is 17.9 Å². The number of halogens is 3. The highest BCUT2D eigenvalue weighted by Crippen LogP contribution is 2.30. The Kier molecular flexibility index (Phi) is 7.79. The molecular formula is C28H22F3N3O6S. The number of hydrogen-bond donors (Lipinski definition) is 1. The second kappa shape index (κ2) is 11.5. The second-order valence-corrected chi connectivity index (χ2v) is 11.2. The maximum absolute atomic E-state index is 13.0. The molecule has 0 aliphatic rings. The molecule has 0 aliphatic heterocycles. The minimum Gasteiger partial charge on any atom is -0.491 e. The van der Waals surface area contributed by atoms with E-state index in [0.717, 1.165) is 0 Å². The summed E-state index contributed by atoms with van der Waals surface area (Å²) in [5.41, 5.74) is 1.35. The fourth-order valence-corrected chi connectivity index (χ4v) is 5.64. The predicted molar refractivity (Wildman–Crippen MR) is 142 cm³/mol. The van der Waals surface area contributed by atoms with Gasteiger partial charge in [-0.3, -0.25) is 4.79 Å². The molecule has 212 valence electrons. The number of rotatable bonds is 10. The van der Waals surface area contributed by atoms with Crippen molar-refractivity contribution in [2.24, 2.45) is 0 Å². The molecule has 3 aromatic carbocycles. The van der Waals surface area contributed by atoms with Gasteiger partial charge in [0.25, 0.3) is 5.91 Å². The summed E-state index contributed by atoms with van der Waals surface area (Å²) in [4.78, 5) is 16.3. The van der Waals surface area contributed by atoms with Gasteiger partial charge in [0.15, 0.2) is 15.6 Å². The number of carbonyl (C=O) groups is 1. The van der Waals surface area contributed by atoms with Crippen molar-refractivity contribution in [1.29, 1.82) is 0 Å². The molecule has 1 atom stereocenters. The van der Waals surface area contributed by atoms with Gasteiger partial charge < -0.3 is 19.0 Å². The standard InChI is InChI=1S/C28H22F3N3O6S/c29-28(30,31)27-33-25(34-40-27)19-10-12-22(13-11-19)38-15-21(17-41(36,37)16-18-6-2-1-3-7-18)32-26(35)24-14-20-8-4-5-9-23(20)39-24/h1-14,21H,15-17H2,(H,32,35). The minimum atomic E-state index is -4.77. The molecule has 1 N–H and O–H groups in total. The maximum atomic E-state index is 13.0. The molecule has 5 aromatic rings. The van der Waals surface area contributed by atoms with Crippen LogP contribution >= 0.6 is 0 Å². The highest BCUT2D eigenvalue weighted by Gasteiger charge is 2.38. The van der Waals surface area contributed by atoms with Crippen LogP contribution in [0, 0.1) is 0 Å². The minimum absolute atomic E-state index is 0.0133. The van der Waals surface area contributed by atoms with Crippen molar-refractivity contribution in [1.82, 2.24) is 15.5 Å². The zero-order valence-corrected chi connectivity index (χ0v) is 22.0. The molecule has 0 spiro atoms. The summed E-state index contributed by atoms with van der Waals surface area (Å²) < 4.78 is 79.9. The predicted octanol–water partition coefficient (Wildman–Crippen LogP) is 5.29. The van der Waals surface area contributed by atoms with Crippen LogP contribution in [0.15, 0.2) is 93.9 Å². The number of ether oxygens (including phenoxy) is 1. The Morgan fingerprint density at radius 2 is 1.68 bits per heavy atom. The van der Waals surface area contributed by atoms with Gasteiger partial charge in [0, 0.05) is 10.9 Å². The van der Waals surface area contributed by atoms with Gasteiger partial charge in [-0.05, 0) is 42.0 Å². The highest BCUT2D eigenvalue weighted by molar-refractivity contribution is 7.90. The maximum Gasteiger partial charge on any atom is 0.471 e. The fourth-order valence-electron chi connectivity index (χ4n) is 4.03. The number of nitrogens with one attached hydrogen (secondary N) is 1. The Hall–Kier alpha value is -4.65. The molecule has 13 heteroatoms. The molecule has 1 amide bonds. The molecule has 0 radical (unpaired) electrons. The Morgan fingerprint density at radius 1 is 0.976 bits per heavy atom. The van der Waals surface area contributed by atoms with Crippen LogP contribution in [0.1, 0.15) is 22.0 Å². The third-order valence-electron chi connectivity index (χ3n) is 5.90. The molecule has 0 saturated heterocycles. The lowest BCUT2D eigenvalue weighted by Crippen LogP contribution is -2.44. The summed E-state index contributed by atoms with van der Waals surface area (Å²) in [6.07, 6.45) is -4.77. The third kappa shape index (κ3) is 7.11. The number of furan rings is 1. The van der Waals surface area contributed by atoms with Crippen LogP contribution in [0.4, 0.5) is 13.2 Å². The molecule has 0 aliphatic carbocycles. The molecule has 2 heterocycles. The summed E-state index contributed by atoms with van der Waals surface area (Å²) in [6.45, 7) is -0.222. The Bertz CT molecular complexity index is 1720. The van der Waals surface area contributed by atoms with Crippen LogP contribution in [-0.4, -0.2) is 42.9 Å². The van der Waals surface area contributed by atoms with Crippen molar-refractivity contribution < 1.29 is 40.1 Å². The summed E-state index contributed by atoms with van der Waals surface area (Å²) in [6, 6.07) is 22.0. The van der Waals surface area contributed by atoms with E-state index >= 15 is 0 Å². The number of amides is 1. The van der Waals surface area contributed by atoms with Crippen LogP contribution in [-0.2, 0) is 21.8 Å². The smallest absolute Gasteiger partial charge is 0.471 e. The van der Waals surface area contributed by atoms with E-state index in [-0.39, 0.29) is 35.3 Å². The van der Waals surface area contributed by atoms with Gasteiger partial charge in [-0.2, -0.15) is 18.2 Å². The van der Waals surface area contributed by atoms with Crippen molar-refractivity contribution in [3.05, 3.63) is 102 Å². The molecule has 0 bridgehead atoms. The number of nitrogens with zero attached hydrogens (tertiary/aromatic N) is 2. The first-order valence-electron chi connectivity index (χ1n) is 12.2. The number of benzene rings is 3. The van der Waals surface area contributed by atoms with E-state index in [1.54, 1.807) is 60.7 Å². The highest BCUT2D eigenvalue weighted by atomic mass is 32.2. The van der Waals surface area contributed by atoms with Gasteiger partial charge in [-0.15, -0.1) is 0 Å². The summed E-state index contributed by atoms with van der Waals surface area (Å²) in [5.74, 6) is -2.70. The fraction of sp³-hybridized carbons (Fsp3) is 0.179. The second-order valence-electron chi connectivity index (χ2n) is 9.12. The van der Waals surface area contributed by atoms with Gasteiger partial charge in [0.05, 0.1) is 17.5 Å². The molecule has 5 rings (SSSR count). The Labute approximate surface area is 231 Å². The van der Waals surface area contributed by atoms with Crippen molar-refractivity contribution in [2.75, 3.05) is 12.4 Å². The van der Waals surface area contributed by atoms with Crippen LogP contribution in [0.25, 0.3) is 22.4 Å². The zero-order valence-electron chi connectivity index (χ0n) is 21.2. The quantitative estimate of drug-likeness (QED) is 0.234. The van der Waals surface area contributed by atoms with E-state index in [1.807, 2.05) is 0 Å². The van der Waals surface area contributed by atoms with E-state index in [0.29, 0.717) is 16.5 Å². The van der Waals surface area contributed by atoms with Crippen molar-refractivity contribution >= 4 is 26.7 Å². The largest absolute Gasteiger partial charge is 0.491 e. The lowest BCUT2D eigenvalue weighted by Gasteiger charge is -2.19. The van der Waals surface area contributed by atoms with E-state index in [4.69, 9.17) is 9.15 Å². The van der Waals surface area contributed by atoms with E-state index < -0.39 is 39.6 Å². The average Bonchev–Trinajstić information content (AvgIpc) is 3.60. The number of carbonyl (C=O) groups excluding carboxylic acids is 1. The van der Waals surface area contributed by atoms with Gasteiger partial charge >= 0.3 is 12.1 Å². The number of fused-ring (bicyclic) bond motifs is 1. The monoisotopic (exact) mass is 585 g/mol. The number of alkyl halides is 3. The van der Waals surface area contributed by atoms with E-state index in [9.17, 15) is 26.4 Å². The molecule has 0 fully saturated rings. The molecule has 0 saturated carbocycles. The number of aromatic nitrogens is 2. The number of sulfone groups is 1. The van der Waals surface area contributed by atoms with Crippen LogP contribution < -0.4 is 10.1 Å². The van der Waals surface area contributed by atoms with Crippen LogP contribution in [0.5, 0.6) is 5.75 Å². The van der Waals surface area contributed by atoms with E-state index in [1.165, 1.54) is 24.3 Å². The molecule has 2 aromatic heterocycles. The van der Waals surface area contributed by atoms with Crippen molar-refractivity contribution in [2.45, 2.75) is 18.0 Å². The van der Waals surface area contributed by atoms with Gasteiger partial charge in [-0.25, -0.2) is 8.42 Å². The van der Waals surface area contributed by atoms with Gasteiger partial charge in [-0.1, -0.05) is 53.7 Å². The Balaban J connectivity index is 1.30. The lowest BCUT2D eigenvalue weighted by molar-refractivity contribution is -0.159. The van der Waals surface area contributed by atoms with Crippen LogP contribution in [0.3, 0.4) is 0 Å².